The molecule has 0 saturated carbocycles. The van der Waals surface area contributed by atoms with Crippen molar-refractivity contribution < 1.29 is 19.1 Å². The van der Waals surface area contributed by atoms with E-state index in [0.29, 0.717) is 27.5 Å². The third-order valence-corrected chi connectivity index (χ3v) is 5.85. The van der Waals surface area contributed by atoms with Gasteiger partial charge in [0.15, 0.2) is 4.34 Å². The summed E-state index contributed by atoms with van der Waals surface area (Å²) in [4.78, 5) is 23.8. The van der Waals surface area contributed by atoms with Crippen LogP contribution in [0.15, 0.2) is 28.6 Å². The molecule has 0 spiro atoms. The Hall–Kier alpha value is -2.37. The van der Waals surface area contributed by atoms with E-state index < -0.39 is 11.9 Å². The van der Waals surface area contributed by atoms with Crippen LogP contribution in [0.4, 0.5) is 15.6 Å². The van der Waals surface area contributed by atoms with Gasteiger partial charge in [-0.05, 0) is 37.1 Å². The Balaban J connectivity index is 1.36. The van der Waals surface area contributed by atoms with Gasteiger partial charge in [0, 0.05) is 18.8 Å². The number of amides is 3. The molecular weight excluding hydrogens is 402 g/mol. The fourth-order valence-electron chi connectivity index (χ4n) is 2.47. The fraction of sp³-hybridized carbons (Fsp3) is 0.412. The lowest BCUT2D eigenvalue weighted by Gasteiger charge is -2.08. The van der Waals surface area contributed by atoms with Crippen molar-refractivity contribution in [3.05, 3.63) is 24.3 Å². The fourth-order valence-corrected chi connectivity index (χ4v) is 4.03. The molecule has 3 N–H and O–H groups in total. The molecule has 9 nitrogen and oxygen atoms in total. The highest BCUT2D eigenvalue weighted by Gasteiger charge is 2.16. The van der Waals surface area contributed by atoms with Gasteiger partial charge in [0.1, 0.15) is 5.75 Å². The summed E-state index contributed by atoms with van der Waals surface area (Å²) in [5, 5.41) is 16.8. The number of nitrogens with one attached hydrogen (secondary N) is 3. The molecule has 2 heterocycles. The lowest BCUT2D eigenvalue weighted by atomic mass is 10.2. The van der Waals surface area contributed by atoms with E-state index in [0.717, 1.165) is 19.4 Å². The number of rotatable bonds is 8. The van der Waals surface area contributed by atoms with Crippen LogP contribution in [0.5, 0.6) is 5.75 Å². The predicted octanol–water partition coefficient (Wildman–Crippen LogP) is 2.58. The third kappa shape index (κ3) is 6.36. The van der Waals surface area contributed by atoms with E-state index >= 15 is 0 Å². The SMILES string of the molecule is COc1ccc(NC(=O)NC(=O)CSc2nnc(NCC3CCCO3)s2)cc1. The third-order valence-electron chi connectivity index (χ3n) is 3.84. The number of aromatic nitrogens is 2. The molecule has 2 aromatic rings. The Morgan fingerprint density at radius 2 is 2.14 bits per heavy atom. The lowest BCUT2D eigenvalue weighted by Crippen LogP contribution is -2.35. The van der Waals surface area contributed by atoms with Crippen LogP contribution < -0.4 is 20.7 Å². The first-order valence-electron chi connectivity index (χ1n) is 8.69. The first-order chi connectivity index (χ1) is 13.6. The molecule has 28 heavy (non-hydrogen) atoms. The summed E-state index contributed by atoms with van der Waals surface area (Å²) in [7, 11) is 1.56. The van der Waals surface area contributed by atoms with Crippen LogP contribution in [0.25, 0.3) is 0 Å². The van der Waals surface area contributed by atoms with Gasteiger partial charge >= 0.3 is 6.03 Å². The van der Waals surface area contributed by atoms with Gasteiger partial charge in [0.05, 0.1) is 19.0 Å². The minimum absolute atomic E-state index is 0.0659. The molecule has 1 saturated heterocycles. The number of urea groups is 1. The zero-order valence-corrected chi connectivity index (χ0v) is 16.9. The number of hydrogen-bond acceptors (Lipinski definition) is 9. The van der Waals surface area contributed by atoms with E-state index in [1.54, 1.807) is 31.4 Å². The molecule has 3 rings (SSSR count). The molecule has 1 fully saturated rings. The highest BCUT2D eigenvalue weighted by Crippen LogP contribution is 2.25. The first kappa shape index (κ1) is 20.4. The molecule has 0 aliphatic carbocycles. The number of benzene rings is 1. The summed E-state index contributed by atoms with van der Waals surface area (Å²) in [5.74, 6) is 0.330. The zero-order chi connectivity index (χ0) is 19.8. The molecule has 1 aromatic heterocycles. The van der Waals surface area contributed by atoms with Crippen molar-refractivity contribution in [2.75, 3.05) is 36.6 Å². The van der Waals surface area contributed by atoms with Gasteiger partial charge in [-0.2, -0.15) is 0 Å². The van der Waals surface area contributed by atoms with Crippen LogP contribution in [-0.4, -0.2) is 54.3 Å². The summed E-state index contributed by atoms with van der Waals surface area (Å²) in [6.07, 6.45) is 2.35. The first-order valence-corrected chi connectivity index (χ1v) is 10.5. The van der Waals surface area contributed by atoms with Gasteiger partial charge < -0.3 is 20.1 Å². The number of carbonyl (C=O) groups excluding carboxylic acids is 2. The number of nitrogens with zero attached hydrogens (tertiary/aromatic N) is 2. The van der Waals surface area contributed by atoms with Crippen molar-refractivity contribution in [2.45, 2.75) is 23.3 Å². The monoisotopic (exact) mass is 423 g/mol. The van der Waals surface area contributed by atoms with Crippen LogP contribution in [0, 0.1) is 0 Å². The molecule has 1 aliphatic rings. The van der Waals surface area contributed by atoms with E-state index in [4.69, 9.17) is 9.47 Å². The smallest absolute Gasteiger partial charge is 0.325 e. The summed E-state index contributed by atoms with van der Waals surface area (Å²) in [5.41, 5.74) is 0.560. The minimum atomic E-state index is -0.591. The number of ether oxygens (including phenoxy) is 2. The number of imide groups is 1. The molecule has 11 heteroatoms. The molecule has 150 valence electrons. The minimum Gasteiger partial charge on any atom is -0.497 e. The van der Waals surface area contributed by atoms with Crippen molar-refractivity contribution >= 4 is 45.9 Å². The summed E-state index contributed by atoms with van der Waals surface area (Å²) in [6, 6.07) is 6.21. The van der Waals surface area contributed by atoms with Gasteiger partial charge in [0.25, 0.3) is 0 Å². The number of anilines is 2. The summed E-state index contributed by atoms with van der Waals surface area (Å²) >= 11 is 2.59. The van der Waals surface area contributed by atoms with E-state index in [-0.39, 0.29) is 11.9 Å². The van der Waals surface area contributed by atoms with Crippen molar-refractivity contribution in [2.24, 2.45) is 0 Å². The maximum absolute atomic E-state index is 11.9. The van der Waals surface area contributed by atoms with Crippen molar-refractivity contribution in [3.63, 3.8) is 0 Å². The van der Waals surface area contributed by atoms with Crippen molar-refractivity contribution in [1.82, 2.24) is 15.5 Å². The van der Waals surface area contributed by atoms with Crippen LogP contribution >= 0.6 is 23.1 Å². The van der Waals surface area contributed by atoms with E-state index in [1.807, 2.05) is 0 Å². The molecule has 1 aromatic carbocycles. The number of hydrogen-bond donors (Lipinski definition) is 3. The van der Waals surface area contributed by atoms with Crippen LogP contribution in [-0.2, 0) is 9.53 Å². The van der Waals surface area contributed by atoms with Gasteiger partial charge in [-0.1, -0.05) is 23.1 Å². The van der Waals surface area contributed by atoms with Crippen LogP contribution in [0.1, 0.15) is 12.8 Å². The Bertz CT molecular complexity index is 793. The highest BCUT2D eigenvalue weighted by molar-refractivity contribution is 8.01. The average molecular weight is 424 g/mol. The van der Waals surface area contributed by atoms with Crippen molar-refractivity contribution in [1.29, 1.82) is 0 Å². The Morgan fingerprint density at radius 1 is 1.32 bits per heavy atom. The van der Waals surface area contributed by atoms with Crippen molar-refractivity contribution in [3.8, 4) is 5.75 Å². The van der Waals surface area contributed by atoms with Crippen LogP contribution in [0.3, 0.4) is 0 Å². The van der Waals surface area contributed by atoms with Gasteiger partial charge in [0.2, 0.25) is 11.0 Å². The normalized spacial score (nSPS) is 15.8. The van der Waals surface area contributed by atoms with Gasteiger partial charge in [-0.25, -0.2) is 4.79 Å². The van der Waals surface area contributed by atoms with Gasteiger partial charge in [-0.3, -0.25) is 10.1 Å². The Morgan fingerprint density at radius 3 is 2.86 bits per heavy atom. The second-order valence-corrected chi connectivity index (χ2v) is 8.11. The molecule has 1 unspecified atom stereocenters. The molecule has 3 amide bonds. The summed E-state index contributed by atoms with van der Waals surface area (Å²) in [6.45, 7) is 1.51. The number of thioether (sulfide) groups is 1. The second kappa shape index (κ2) is 10.2. The standard InChI is InChI=1S/C17H21N5O4S2/c1-25-12-6-4-11(5-7-12)19-15(24)20-14(23)10-27-17-22-21-16(28-17)18-9-13-3-2-8-26-13/h4-7,13H,2-3,8-10H2,1H3,(H,18,21)(H2,19,20,23,24). The quantitative estimate of drug-likeness (QED) is 0.555. The predicted molar refractivity (Wildman–Crippen MR) is 108 cm³/mol. The maximum Gasteiger partial charge on any atom is 0.325 e. The zero-order valence-electron chi connectivity index (χ0n) is 15.3. The highest BCUT2D eigenvalue weighted by atomic mass is 32.2. The number of methoxy groups -OCH3 is 1. The van der Waals surface area contributed by atoms with Gasteiger partial charge in [-0.15, -0.1) is 10.2 Å². The topological polar surface area (TPSA) is 114 Å². The molecular formula is C17H21N5O4S2. The van der Waals surface area contributed by atoms with E-state index in [9.17, 15) is 9.59 Å². The molecule has 0 radical (unpaired) electrons. The second-order valence-electron chi connectivity index (χ2n) is 5.91. The van der Waals surface area contributed by atoms with E-state index in [1.165, 1.54) is 23.1 Å². The summed E-state index contributed by atoms with van der Waals surface area (Å²) < 4.78 is 11.2. The average Bonchev–Trinajstić information content (AvgIpc) is 3.37. The Labute approximate surface area is 170 Å². The molecule has 1 aliphatic heterocycles. The van der Waals surface area contributed by atoms with E-state index in [2.05, 4.69) is 26.1 Å². The van der Waals surface area contributed by atoms with Crippen LogP contribution in [0.2, 0.25) is 0 Å². The number of carbonyl (C=O) groups is 2. The lowest BCUT2D eigenvalue weighted by molar-refractivity contribution is -0.117. The molecule has 1 atom stereocenters. The maximum atomic E-state index is 11.9. The Kier molecular flexibility index (Phi) is 7.46. The largest absolute Gasteiger partial charge is 0.497 e. The molecule has 0 bridgehead atoms.